The molecule has 2 rings (SSSR count). The Balaban J connectivity index is 2.21. The standard InChI is InChI=1S/C15H10ClNO4/c16-13-7-1-10(9-14(13)17(20)21)2-8-15(19)11-3-5-12(18)6-4-11/h1-9,18H. The molecule has 5 nitrogen and oxygen atoms in total. The van der Waals surface area contributed by atoms with Gasteiger partial charge in [0.15, 0.2) is 5.78 Å². The van der Waals surface area contributed by atoms with Crippen LogP contribution in [0.15, 0.2) is 48.5 Å². The molecule has 0 bridgehead atoms. The van der Waals surface area contributed by atoms with Crippen molar-refractivity contribution in [3.63, 3.8) is 0 Å². The summed E-state index contributed by atoms with van der Waals surface area (Å²) in [6, 6.07) is 10.1. The molecule has 0 heterocycles. The Hall–Kier alpha value is -2.66. The quantitative estimate of drug-likeness (QED) is 0.402. The van der Waals surface area contributed by atoms with Crippen LogP contribution < -0.4 is 0 Å². The van der Waals surface area contributed by atoms with E-state index in [1.54, 1.807) is 6.07 Å². The van der Waals surface area contributed by atoms with Gasteiger partial charge in [0.05, 0.1) is 4.92 Å². The number of ketones is 1. The predicted molar refractivity (Wildman–Crippen MR) is 79.6 cm³/mol. The lowest BCUT2D eigenvalue weighted by molar-refractivity contribution is -0.384. The first-order valence-electron chi connectivity index (χ1n) is 5.93. The summed E-state index contributed by atoms with van der Waals surface area (Å²) in [7, 11) is 0. The summed E-state index contributed by atoms with van der Waals surface area (Å²) in [5, 5.41) is 20.0. The van der Waals surface area contributed by atoms with Crippen LogP contribution in [0.5, 0.6) is 5.75 Å². The molecule has 0 saturated carbocycles. The van der Waals surface area contributed by atoms with Gasteiger partial charge in [0.2, 0.25) is 0 Å². The first-order valence-corrected chi connectivity index (χ1v) is 6.30. The normalized spacial score (nSPS) is 10.7. The number of aromatic hydroxyl groups is 1. The number of phenols is 1. The van der Waals surface area contributed by atoms with Gasteiger partial charge in [0.25, 0.3) is 5.69 Å². The van der Waals surface area contributed by atoms with Gasteiger partial charge in [-0.3, -0.25) is 14.9 Å². The molecule has 1 N–H and O–H groups in total. The van der Waals surface area contributed by atoms with Crippen LogP contribution in [0.2, 0.25) is 5.02 Å². The Morgan fingerprint density at radius 3 is 2.48 bits per heavy atom. The summed E-state index contributed by atoms with van der Waals surface area (Å²) >= 11 is 5.71. The highest BCUT2D eigenvalue weighted by atomic mass is 35.5. The van der Waals surface area contributed by atoms with Gasteiger partial charge in [-0.1, -0.05) is 23.7 Å². The third-order valence-electron chi connectivity index (χ3n) is 2.75. The van der Waals surface area contributed by atoms with Crippen LogP contribution in [0.1, 0.15) is 15.9 Å². The van der Waals surface area contributed by atoms with Crippen molar-refractivity contribution in [3.8, 4) is 5.75 Å². The summed E-state index contributed by atoms with van der Waals surface area (Å²) in [6.07, 6.45) is 2.78. The van der Waals surface area contributed by atoms with Crippen molar-refractivity contribution in [2.45, 2.75) is 0 Å². The summed E-state index contributed by atoms with van der Waals surface area (Å²) in [6.45, 7) is 0. The molecule has 6 heteroatoms. The third-order valence-corrected chi connectivity index (χ3v) is 3.07. The summed E-state index contributed by atoms with van der Waals surface area (Å²) in [5.74, 6) is -0.198. The van der Waals surface area contributed by atoms with E-state index in [1.807, 2.05) is 0 Å². The fourth-order valence-electron chi connectivity index (χ4n) is 1.67. The lowest BCUT2D eigenvalue weighted by atomic mass is 10.1. The number of phenolic OH excluding ortho intramolecular Hbond substituents is 1. The smallest absolute Gasteiger partial charge is 0.288 e. The Kier molecular flexibility index (Phi) is 4.35. The Morgan fingerprint density at radius 2 is 1.86 bits per heavy atom. The average molecular weight is 304 g/mol. The lowest BCUT2D eigenvalue weighted by Crippen LogP contribution is -1.93. The van der Waals surface area contributed by atoms with Crippen molar-refractivity contribution in [3.05, 3.63) is 74.8 Å². The van der Waals surface area contributed by atoms with Crippen LogP contribution in [0.4, 0.5) is 5.69 Å². The SMILES string of the molecule is O=C(C=Cc1ccc(Cl)c([N+](=O)[O-])c1)c1ccc(O)cc1. The molecule has 21 heavy (non-hydrogen) atoms. The highest BCUT2D eigenvalue weighted by Gasteiger charge is 2.11. The second-order valence-electron chi connectivity index (χ2n) is 4.21. The van der Waals surface area contributed by atoms with Gasteiger partial charge < -0.3 is 5.11 Å². The number of rotatable bonds is 4. The minimum absolute atomic E-state index is 0.0435. The number of nitrogens with zero attached hydrogens (tertiary/aromatic N) is 1. The number of hydrogen-bond donors (Lipinski definition) is 1. The van der Waals surface area contributed by atoms with Crippen molar-refractivity contribution in [1.82, 2.24) is 0 Å². The van der Waals surface area contributed by atoms with E-state index >= 15 is 0 Å². The van der Waals surface area contributed by atoms with E-state index in [0.717, 1.165) is 0 Å². The number of halogens is 1. The highest BCUT2D eigenvalue weighted by molar-refractivity contribution is 6.32. The molecule has 0 unspecified atom stereocenters. The molecule has 2 aromatic carbocycles. The molecule has 0 fully saturated rings. The van der Waals surface area contributed by atoms with Crippen LogP contribution >= 0.6 is 11.6 Å². The molecule has 0 atom stereocenters. The van der Waals surface area contributed by atoms with Crippen LogP contribution in [0.25, 0.3) is 6.08 Å². The van der Waals surface area contributed by atoms with E-state index in [4.69, 9.17) is 16.7 Å². The highest BCUT2D eigenvalue weighted by Crippen LogP contribution is 2.25. The summed E-state index contributed by atoms with van der Waals surface area (Å²) in [4.78, 5) is 22.1. The van der Waals surface area contributed by atoms with E-state index < -0.39 is 4.92 Å². The van der Waals surface area contributed by atoms with E-state index in [0.29, 0.717) is 11.1 Å². The summed E-state index contributed by atoms with van der Waals surface area (Å²) < 4.78 is 0. The molecule has 106 valence electrons. The maximum Gasteiger partial charge on any atom is 0.288 e. The molecule has 0 aliphatic heterocycles. The lowest BCUT2D eigenvalue weighted by Gasteiger charge is -1.98. The molecule has 0 radical (unpaired) electrons. The van der Waals surface area contributed by atoms with Gasteiger partial charge in [-0.2, -0.15) is 0 Å². The number of benzene rings is 2. The Bertz CT molecular complexity index is 723. The number of carbonyl (C=O) groups is 1. The average Bonchev–Trinajstić information content (AvgIpc) is 2.46. The second kappa shape index (κ2) is 6.19. The molecule has 0 amide bonds. The molecule has 0 spiro atoms. The third kappa shape index (κ3) is 3.67. The molecule has 0 aliphatic rings. The molecule has 0 aromatic heterocycles. The fourth-order valence-corrected chi connectivity index (χ4v) is 1.85. The zero-order valence-electron chi connectivity index (χ0n) is 10.7. The number of carbonyl (C=O) groups excluding carboxylic acids is 1. The number of hydrogen-bond acceptors (Lipinski definition) is 4. The zero-order chi connectivity index (χ0) is 15.4. The fraction of sp³-hybridized carbons (Fsp3) is 0. The predicted octanol–water partition coefficient (Wildman–Crippen LogP) is 3.85. The van der Waals surface area contributed by atoms with Crippen LogP contribution in [-0.4, -0.2) is 15.8 Å². The van der Waals surface area contributed by atoms with E-state index in [1.165, 1.54) is 48.6 Å². The van der Waals surface area contributed by atoms with Gasteiger partial charge in [0, 0.05) is 11.6 Å². The Labute approximate surface area is 125 Å². The summed E-state index contributed by atoms with van der Waals surface area (Å²) in [5.41, 5.74) is 0.696. The first-order chi connectivity index (χ1) is 9.97. The van der Waals surface area contributed by atoms with Crippen molar-refractivity contribution < 1.29 is 14.8 Å². The van der Waals surface area contributed by atoms with Crippen LogP contribution in [0.3, 0.4) is 0 Å². The van der Waals surface area contributed by atoms with Gasteiger partial charge >= 0.3 is 0 Å². The number of nitro benzene ring substituents is 1. The van der Waals surface area contributed by atoms with Gasteiger partial charge in [-0.15, -0.1) is 0 Å². The minimum Gasteiger partial charge on any atom is -0.508 e. The van der Waals surface area contributed by atoms with E-state index in [9.17, 15) is 14.9 Å². The maximum absolute atomic E-state index is 11.9. The molecular formula is C15H10ClNO4. The van der Waals surface area contributed by atoms with Gasteiger partial charge in [0.1, 0.15) is 10.8 Å². The topological polar surface area (TPSA) is 80.4 Å². The first kappa shape index (κ1) is 14.7. The largest absolute Gasteiger partial charge is 0.508 e. The molecule has 0 aliphatic carbocycles. The van der Waals surface area contributed by atoms with Crippen LogP contribution in [0, 0.1) is 10.1 Å². The molecule has 0 saturated heterocycles. The minimum atomic E-state index is -0.582. The zero-order valence-corrected chi connectivity index (χ0v) is 11.4. The van der Waals surface area contributed by atoms with Crippen molar-refractivity contribution >= 4 is 29.1 Å². The van der Waals surface area contributed by atoms with Crippen LogP contribution in [-0.2, 0) is 0 Å². The maximum atomic E-state index is 11.9. The van der Waals surface area contributed by atoms with Gasteiger partial charge in [-0.25, -0.2) is 0 Å². The monoisotopic (exact) mass is 303 g/mol. The van der Waals surface area contributed by atoms with Gasteiger partial charge in [-0.05, 0) is 42.0 Å². The number of nitro groups is 1. The number of allylic oxidation sites excluding steroid dienone is 1. The molecule has 2 aromatic rings. The van der Waals surface area contributed by atoms with Crippen molar-refractivity contribution in [2.24, 2.45) is 0 Å². The van der Waals surface area contributed by atoms with Crippen molar-refractivity contribution in [2.75, 3.05) is 0 Å². The molecular weight excluding hydrogens is 294 g/mol. The van der Waals surface area contributed by atoms with Crippen molar-refractivity contribution in [1.29, 1.82) is 0 Å². The van der Waals surface area contributed by atoms with E-state index in [-0.39, 0.29) is 22.2 Å². The van der Waals surface area contributed by atoms with E-state index in [2.05, 4.69) is 0 Å². The Morgan fingerprint density at radius 1 is 1.19 bits per heavy atom. The second-order valence-corrected chi connectivity index (χ2v) is 4.62.